The molecule has 1 amide bonds. The summed E-state index contributed by atoms with van der Waals surface area (Å²) in [6.45, 7) is 8.09. The lowest BCUT2D eigenvalue weighted by molar-refractivity contribution is -0.149. The van der Waals surface area contributed by atoms with Crippen LogP contribution in [0.15, 0.2) is 47.6 Å². The van der Waals surface area contributed by atoms with Gasteiger partial charge in [0.2, 0.25) is 0 Å². The molecule has 2 heterocycles. The number of esters is 1. The van der Waals surface area contributed by atoms with Gasteiger partial charge < -0.3 is 9.47 Å². The molecule has 2 aliphatic heterocycles. The molecule has 0 bridgehead atoms. The Labute approximate surface area is 207 Å². The average molecular weight is 478 g/mol. The third kappa shape index (κ3) is 5.73. The molecule has 2 aromatic carbocycles. The van der Waals surface area contributed by atoms with Gasteiger partial charge in [-0.1, -0.05) is 23.8 Å². The van der Waals surface area contributed by atoms with E-state index in [1.807, 2.05) is 31.2 Å². The van der Waals surface area contributed by atoms with E-state index < -0.39 is 0 Å². The quantitative estimate of drug-likeness (QED) is 0.557. The number of methoxy groups -OCH3 is 1. The zero-order valence-electron chi connectivity index (χ0n) is 21.1. The van der Waals surface area contributed by atoms with Crippen molar-refractivity contribution >= 4 is 17.6 Å². The monoisotopic (exact) mass is 477 g/mol. The predicted molar refractivity (Wildman–Crippen MR) is 135 cm³/mol. The maximum atomic E-state index is 13.5. The fraction of sp³-hybridized carbons (Fsp3) is 0.464. The standard InChI is InChI=1S/C28H35N3O4/c1-5-35-28(33)22-12-14-30(15-13-22)18-27(32)31-26(24-11-6-19(2)16-20(24)3)17-25(29-31)21-7-9-23(34-4)10-8-21/h6-11,16,22,26H,5,12-15,17-18H2,1-4H3/t26-/m0/s1. The van der Waals surface area contributed by atoms with E-state index in [4.69, 9.17) is 14.6 Å². The van der Waals surface area contributed by atoms with Gasteiger partial charge >= 0.3 is 5.97 Å². The first-order valence-electron chi connectivity index (χ1n) is 12.4. The Morgan fingerprint density at radius 1 is 1.06 bits per heavy atom. The Bertz CT molecular complexity index is 1090. The van der Waals surface area contributed by atoms with Gasteiger partial charge in [-0.15, -0.1) is 0 Å². The largest absolute Gasteiger partial charge is 0.497 e. The van der Waals surface area contributed by atoms with Crippen LogP contribution in [-0.4, -0.2) is 60.8 Å². The van der Waals surface area contributed by atoms with Crippen molar-refractivity contribution in [1.29, 1.82) is 0 Å². The van der Waals surface area contributed by atoms with Crippen molar-refractivity contribution < 1.29 is 19.1 Å². The van der Waals surface area contributed by atoms with Crippen LogP contribution in [0.2, 0.25) is 0 Å². The number of hydrogen-bond donors (Lipinski definition) is 0. The van der Waals surface area contributed by atoms with Crippen LogP contribution in [0.5, 0.6) is 5.75 Å². The van der Waals surface area contributed by atoms with Crippen molar-refractivity contribution in [3.8, 4) is 5.75 Å². The first-order valence-corrected chi connectivity index (χ1v) is 12.4. The van der Waals surface area contributed by atoms with E-state index in [0.29, 0.717) is 39.0 Å². The van der Waals surface area contributed by atoms with Crippen LogP contribution in [0.3, 0.4) is 0 Å². The van der Waals surface area contributed by atoms with Gasteiger partial charge in [0.1, 0.15) is 5.75 Å². The minimum absolute atomic E-state index is 0.0203. The summed E-state index contributed by atoms with van der Waals surface area (Å²) >= 11 is 0. The molecule has 0 spiro atoms. The van der Waals surface area contributed by atoms with Crippen molar-refractivity contribution in [1.82, 2.24) is 9.91 Å². The Balaban J connectivity index is 1.52. The maximum absolute atomic E-state index is 13.5. The van der Waals surface area contributed by atoms with Gasteiger partial charge in [0, 0.05) is 6.42 Å². The Morgan fingerprint density at radius 2 is 1.77 bits per heavy atom. The molecular weight excluding hydrogens is 442 g/mol. The topological polar surface area (TPSA) is 71.4 Å². The van der Waals surface area contributed by atoms with Crippen LogP contribution in [0.1, 0.15) is 54.5 Å². The van der Waals surface area contributed by atoms with Gasteiger partial charge in [0.05, 0.1) is 37.9 Å². The summed E-state index contributed by atoms with van der Waals surface area (Å²) in [4.78, 5) is 27.7. The number of hydrazone groups is 1. The second-order valence-corrected chi connectivity index (χ2v) is 9.40. The normalized spacial score (nSPS) is 18.9. The van der Waals surface area contributed by atoms with Gasteiger partial charge in [0.25, 0.3) is 5.91 Å². The van der Waals surface area contributed by atoms with E-state index in [2.05, 4.69) is 36.9 Å². The second-order valence-electron chi connectivity index (χ2n) is 9.40. The van der Waals surface area contributed by atoms with Crippen molar-refractivity contribution in [3.05, 3.63) is 64.7 Å². The third-order valence-electron chi connectivity index (χ3n) is 6.94. The van der Waals surface area contributed by atoms with Gasteiger partial charge in [-0.3, -0.25) is 14.5 Å². The number of nitrogens with zero attached hydrogens (tertiary/aromatic N) is 3. The molecule has 7 nitrogen and oxygen atoms in total. The van der Waals surface area contributed by atoms with Crippen LogP contribution in [0, 0.1) is 19.8 Å². The molecule has 0 unspecified atom stereocenters. The summed E-state index contributed by atoms with van der Waals surface area (Å²) in [6.07, 6.45) is 2.09. The van der Waals surface area contributed by atoms with E-state index in [1.54, 1.807) is 12.1 Å². The van der Waals surface area contributed by atoms with Crippen molar-refractivity contribution in [2.75, 3.05) is 33.4 Å². The Morgan fingerprint density at radius 3 is 2.40 bits per heavy atom. The highest BCUT2D eigenvalue weighted by Gasteiger charge is 2.35. The molecule has 1 atom stereocenters. The predicted octanol–water partition coefficient (Wildman–Crippen LogP) is 4.26. The zero-order chi connectivity index (χ0) is 24.9. The number of rotatable bonds is 7. The average Bonchev–Trinajstić information content (AvgIpc) is 3.30. The van der Waals surface area contributed by atoms with Gasteiger partial charge in [-0.25, -0.2) is 5.01 Å². The van der Waals surface area contributed by atoms with E-state index in [1.165, 1.54) is 5.56 Å². The SMILES string of the molecule is CCOC(=O)C1CCN(CC(=O)N2N=C(c3ccc(OC)cc3)C[C@H]2c2ccc(C)cc2C)CC1. The maximum Gasteiger partial charge on any atom is 0.309 e. The summed E-state index contributed by atoms with van der Waals surface area (Å²) in [6, 6.07) is 14.0. The molecule has 1 saturated heterocycles. The minimum Gasteiger partial charge on any atom is -0.497 e. The smallest absolute Gasteiger partial charge is 0.309 e. The molecule has 0 N–H and O–H groups in total. The number of benzene rings is 2. The van der Waals surface area contributed by atoms with E-state index in [-0.39, 0.29) is 30.4 Å². The number of aryl methyl sites for hydroxylation is 2. The van der Waals surface area contributed by atoms with Crippen LogP contribution in [-0.2, 0) is 14.3 Å². The minimum atomic E-state index is -0.141. The lowest BCUT2D eigenvalue weighted by Gasteiger charge is -2.32. The van der Waals surface area contributed by atoms with Crippen molar-refractivity contribution in [2.45, 2.75) is 46.1 Å². The number of amides is 1. The van der Waals surface area contributed by atoms with Crippen molar-refractivity contribution in [3.63, 3.8) is 0 Å². The fourth-order valence-electron chi connectivity index (χ4n) is 4.99. The van der Waals surface area contributed by atoms with Gasteiger partial charge in [0.15, 0.2) is 0 Å². The molecule has 2 aromatic rings. The Kier molecular flexibility index (Phi) is 7.86. The molecule has 7 heteroatoms. The summed E-state index contributed by atoms with van der Waals surface area (Å²) in [5.41, 5.74) is 5.37. The molecule has 1 fully saturated rings. The van der Waals surface area contributed by atoms with E-state index >= 15 is 0 Å². The van der Waals surface area contributed by atoms with Gasteiger partial charge in [-0.05, 0) is 87.7 Å². The lowest BCUT2D eigenvalue weighted by atomic mass is 9.94. The first kappa shape index (κ1) is 24.9. The van der Waals surface area contributed by atoms with Crippen LogP contribution in [0.25, 0.3) is 0 Å². The second kappa shape index (κ2) is 11.0. The number of ether oxygens (including phenoxy) is 2. The molecule has 186 valence electrons. The molecular formula is C28H35N3O4. The zero-order valence-corrected chi connectivity index (χ0v) is 21.1. The van der Waals surface area contributed by atoms with E-state index in [9.17, 15) is 9.59 Å². The molecule has 0 aromatic heterocycles. The molecule has 0 saturated carbocycles. The van der Waals surface area contributed by atoms with Crippen LogP contribution in [0.4, 0.5) is 0 Å². The lowest BCUT2D eigenvalue weighted by Crippen LogP contribution is -2.43. The van der Waals surface area contributed by atoms with E-state index in [0.717, 1.165) is 28.2 Å². The number of piperidine rings is 1. The first-order chi connectivity index (χ1) is 16.9. The highest BCUT2D eigenvalue weighted by Crippen LogP contribution is 2.35. The van der Waals surface area contributed by atoms with Crippen LogP contribution < -0.4 is 4.74 Å². The van der Waals surface area contributed by atoms with Crippen molar-refractivity contribution in [2.24, 2.45) is 11.0 Å². The Hall–Kier alpha value is -3.19. The summed E-state index contributed by atoms with van der Waals surface area (Å²) < 4.78 is 10.5. The number of carbonyl (C=O) groups is 2. The molecule has 35 heavy (non-hydrogen) atoms. The molecule has 4 rings (SSSR count). The molecule has 2 aliphatic rings. The summed E-state index contributed by atoms with van der Waals surface area (Å²) in [5, 5.41) is 6.50. The number of hydrogen-bond acceptors (Lipinski definition) is 6. The summed E-state index contributed by atoms with van der Waals surface area (Å²) in [5.74, 6) is 0.572. The molecule has 0 aliphatic carbocycles. The van der Waals surface area contributed by atoms with Gasteiger partial charge in [-0.2, -0.15) is 5.10 Å². The fourth-order valence-corrected chi connectivity index (χ4v) is 4.99. The third-order valence-corrected chi connectivity index (χ3v) is 6.94. The van der Waals surface area contributed by atoms with Crippen LogP contribution >= 0.6 is 0 Å². The summed E-state index contributed by atoms with van der Waals surface area (Å²) in [7, 11) is 1.65. The molecule has 0 radical (unpaired) electrons. The number of likely N-dealkylation sites (tertiary alicyclic amines) is 1. The number of carbonyl (C=O) groups excluding carboxylic acids is 2. The highest BCUT2D eigenvalue weighted by atomic mass is 16.5. The highest BCUT2D eigenvalue weighted by molar-refractivity contribution is 6.03.